The zero-order valence-corrected chi connectivity index (χ0v) is 9.94. The van der Waals surface area contributed by atoms with Crippen LogP contribution in [0.2, 0.25) is 0 Å². The first-order chi connectivity index (χ1) is 7.83. The fraction of sp³-hybridized carbons (Fsp3) is 0.333. The summed E-state index contributed by atoms with van der Waals surface area (Å²) in [5, 5.41) is 0. The molecule has 0 aliphatic heterocycles. The summed E-state index contributed by atoms with van der Waals surface area (Å²) in [6.45, 7) is 2.17. The Labute approximate surface area is 97.4 Å². The van der Waals surface area contributed by atoms with Crippen molar-refractivity contribution in [2.45, 2.75) is 25.4 Å². The van der Waals surface area contributed by atoms with Crippen LogP contribution in [0, 0.1) is 0 Å². The molecule has 0 saturated heterocycles. The lowest BCUT2D eigenvalue weighted by Gasteiger charge is -2.33. The highest BCUT2D eigenvalue weighted by Gasteiger charge is 2.33. The maximum Gasteiger partial charge on any atom is 0.117 e. The molecule has 0 bridgehead atoms. The highest BCUT2D eigenvalue weighted by molar-refractivity contribution is 5.41. The molecule has 0 radical (unpaired) electrons. The average molecular weight is 214 g/mol. The highest BCUT2D eigenvalue weighted by atomic mass is 16.5. The van der Waals surface area contributed by atoms with Crippen LogP contribution in [0.25, 0.3) is 0 Å². The average Bonchev–Trinajstić information content (AvgIpc) is 2.87. The number of methoxy groups -OCH3 is 1. The quantitative estimate of drug-likeness (QED) is 0.740. The fourth-order valence-electron chi connectivity index (χ4n) is 2.42. The van der Waals surface area contributed by atoms with E-state index < -0.39 is 0 Å². The second kappa shape index (κ2) is 4.67. The van der Waals surface area contributed by atoms with Crippen LogP contribution < -0.4 is 0 Å². The molecule has 0 heterocycles. The third kappa shape index (κ3) is 1.72. The summed E-state index contributed by atoms with van der Waals surface area (Å²) >= 11 is 0. The van der Waals surface area contributed by atoms with Crippen molar-refractivity contribution in [3.63, 3.8) is 0 Å². The van der Waals surface area contributed by atoms with E-state index in [2.05, 4.69) is 49.4 Å². The molecule has 1 atom stereocenters. The van der Waals surface area contributed by atoms with Crippen LogP contribution in [0.1, 0.15) is 25.3 Å². The lowest BCUT2D eigenvalue weighted by Crippen LogP contribution is -2.29. The molecule has 1 heteroatoms. The molecular weight excluding hydrogens is 196 g/mol. The molecule has 16 heavy (non-hydrogen) atoms. The fourth-order valence-corrected chi connectivity index (χ4v) is 2.42. The monoisotopic (exact) mass is 214 g/mol. The number of hydrogen-bond acceptors (Lipinski definition) is 1. The lowest BCUT2D eigenvalue weighted by molar-refractivity contribution is 0.0181. The number of ether oxygens (including phenoxy) is 1. The minimum atomic E-state index is -0.270. The van der Waals surface area contributed by atoms with Gasteiger partial charge in [-0.15, -0.1) is 0 Å². The van der Waals surface area contributed by atoms with Gasteiger partial charge in [0, 0.05) is 7.11 Å². The standard InChI is InChI=1S/C15H18O/c1-3-15(16-2,14-11-7-8-12-14)13-9-5-4-6-10-13/h4-7,9-12H,3,8H2,1-2H3. The zero-order valence-electron chi connectivity index (χ0n) is 9.94. The number of benzene rings is 1. The molecule has 0 saturated carbocycles. The first-order valence-electron chi connectivity index (χ1n) is 5.81. The van der Waals surface area contributed by atoms with Gasteiger partial charge in [-0.25, -0.2) is 0 Å². The van der Waals surface area contributed by atoms with E-state index in [0.29, 0.717) is 0 Å². The van der Waals surface area contributed by atoms with Gasteiger partial charge >= 0.3 is 0 Å². The summed E-state index contributed by atoms with van der Waals surface area (Å²) in [5.41, 5.74) is 2.25. The largest absolute Gasteiger partial charge is 0.369 e. The van der Waals surface area contributed by atoms with Crippen molar-refractivity contribution in [2.75, 3.05) is 7.11 Å². The van der Waals surface area contributed by atoms with Crippen molar-refractivity contribution >= 4 is 0 Å². The summed E-state index contributed by atoms with van der Waals surface area (Å²) in [5.74, 6) is 0. The molecule has 1 aliphatic carbocycles. The maximum absolute atomic E-state index is 5.84. The SMILES string of the molecule is CCC(OC)(C1=CCC=C1)c1ccccc1. The van der Waals surface area contributed by atoms with Gasteiger partial charge in [0.2, 0.25) is 0 Å². The van der Waals surface area contributed by atoms with Gasteiger partial charge in [-0.05, 0) is 24.0 Å². The molecule has 1 unspecified atom stereocenters. The van der Waals surface area contributed by atoms with E-state index in [0.717, 1.165) is 12.8 Å². The summed E-state index contributed by atoms with van der Waals surface area (Å²) in [4.78, 5) is 0. The predicted octanol–water partition coefficient (Wildman–Crippen LogP) is 3.82. The summed E-state index contributed by atoms with van der Waals surface area (Å²) < 4.78 is 5.84. The summed E-state index contributed by atoms with van der Waals surface area (Å²) in [7, 11) is 1.80. The molecule has 0 fully saturated rings. The van der Waals surface area contributed by atoms with Gasteiger partial charge in [0.25, 0.3) is 0 Å². The van der Waals surface area contributed by atoms with Gasteiger partial charge in [-0.3, -0.25) is 0 Å². The van der Waals surface area contributed by atoms with E-state index in [1.54, 1.807) is 7.11 Å². The third-order valence-electron chi connectivity index (χ3n) is 3.32. The molecule has 84 valence electrons. The van der Waals surface area contributed by atoms with E-state index in [9.17, 15) is 0 Å². The van der Waals surface area contributed by atoms with Crippen molar-refractivity contribution in [2.24, 2.45) is 0 Å². The Balaban J connectivity index is 2.47. The van der Waals surface area contributed by atoms with Crippen molar-refractivity contribution in [1.82, 2.24) is 0 Å². The minimum absolute atomic E-state index is 0.270. The molecular formula is C15H18O. The summed E-state index contributed by atoms with van der Waals surface area (Å²) in [6, 6.07) is 10.5. The van der Waals surface area contributed by atoms with Crippen LogP contribution >= 0.6 is 0 Å². The van der Waals surface area contributed by atoms with Crippen LogP contribution in [-0.2, 0) is 10.3 Å². The van der Waals surface area contributed by atoms with E-state index in [4.69, 9.17) is 4.74 Å². The topological polar surface area (TPSA) is 9.23 Å². The molecule has 0 spiro atoms. The van der Waals surface area contributed by atoms with Crippen molar-refractivity contribution < 1.29 is 4.74 Å². The van der Waals surface area contributed by atoms with Crippen molar-refractivity contribution in [1.29, 1.82) is 0 Å². The van der Waals surface area contributed by atoms with Crippen molar-refractivity contribution in [3.05, 3.63) is 59.7 Å². The predicted molar refractivity (Wildman–Crippen MR) is 67.3 cm³/mol. The number of allylic oxidation sites excluding steroid dienone is 2. The van der Waals surface area contributed by atoms with Gasteiger partial charge in [-0.2, -0.15) is 0 Å². The first-order valence-corrected chi connectivity index (χ1v) is 5.81. The second-order valence-electron chi connectivity index (χ2n) is 4.05. The van der Waals surface area contributed by atoms with Crippen LogP contribution in [0.15, 0.2) is 54.1 Å². The van der Waals surface area contributed by atoms with Crippen molar-refractivity contribution in [3.8, 4) is 0 Å². The maximum atomic E-state index is 5.84. The van der Waals surface area contributed by atoms with Gasteiger partial charge in [0.15, 0.2) is 0 Å². The molecule has 0 amide bonds. The van der Waals surface area contributed by atoms with Gasteiger partial charge in [0.1, 0.15) is 5.60 Å². The first kappa shape index (κ1) is 11.2. The van der Waals surface area contributed by atoms with Gasteiger partial charge < -0.3 is 4.74 Å². The Morgan fingerprint density at radius 2 is 2.00 bits per heavy atom. The number of hydrogen-bond donors (Lipinski definition) is 0. The van der Waals surface area contributed by atoms with Crippen LogP contribution in [0.3, 0.4) is 0 Å². The molecule has 1 aliphatic rings. The van der Waals surface area contributed by atoms with E-state index in [-0.39, 0.29) is 5.60 Å². The molecule has 1 aromatic carbocycles. The normalized spacial score (nSPS) is 18.2. The number of rotatable bonds is 4. The van der Waals surface area contributed by atoms with E-state index in [1.165, 1.54) is 11.1 Å². The Bertz CT molecular complexity index is 397. The second-order valence-corrected chi connectivity index (χ2v) is 4.05. The highest BCUT2D eigenvalue weighted by Crippen LogP contribution is 2.38. The Morgan fingerprint density at radius 1 is 1.25 bits per heavy atom. The summed E-state index contributed by atoms with van der Waals surface area (Å²) in [6.07, 6.45) is 8.58. The van der Waals surface area contributed by atoms with E-state index >= 15 is 0 Å². The van der Waals surface area contributed by atoms with Gasteiger partial charge in [-0.1, -0.05) is 55.5 Å². The van der Waals surface area contributed by atoms with Crippen LogP contribution in [0.5, 0.6) is 0 Å². The molecule has 0 aromatic heterocycles. The van der Waals surface area contributed by atoms with E-state index in [1.807, 2.05) is 6.07 Å². The van der Waals surface area contributed by atoms with Gasteiger partial charge in [0.05, 0.1) is 0 Å². The molecule has 0 N–H and O–H groups in total. The Morgan fingerprint density at radius 3 is 2.50 bits per heavy atom. The van der Waals surface area contributed by atoms with Crippen LogP contribution in [-0.4, -0.2) is 7.11 Å². The lowest BCUT2D eigenvalue weighted by atomic mass is 9.84. The molecule has 2 rings (SSSR count). The minimum Gasteiger partial charge on any atom is -0.369 e. The molecule has 1 aromatic rings. The molecule has 1 nitrogen and oxygen atoms in total. The zero-order chi connectivity index (χ0) is 11.4. The Kier molecular flexibility index (Phi) is 3.25. The van der Waals surface area contributed by atoms with Crippen LogP contribution in [0.4, 0.5) is 0 Å². The Hall–Kier alpha value is -1.34. The third-order valence-corrected chi connectivity index (χ3v) is 3.32. The smallest absolute Gasteiger partial charge is 0.117 e.